The van der Waals surface area contributed by atoms with Crippen molar-refractivity contribution >= 4 is 11.5 Å². The molecule has 19 heavy (non-hydrogen) atoms. The Morgan fingerprint density at radius 3 is 2.68 bits per heavy atom. The van der Waals surface area contributed by atoms with Crippen LogP contribution < -0.4 is 5.32 Å². The summed E-state index contributed by atoms with van der Waals surface area (Å²) >= 11 is 0. The average Bonchev–Trinajstić information content (AvgIpc) is 2.68. The van der Waals surface area contributed by atoms with Crippen LogP contribution in [-0.4, -0.2) is 15.1 Å². The first-order valence-corrected chi connectivity index (χ1v) is 5.75. The van der Waals surface area contributed by atoms with Crippen LogP contribution in [0.25, 0.3) is 0 Å². The van der Waals surface area contributed by atoms with Gasteiger partial charge in [0.1, 0.15) is 17.8 Å². The van der Waals surface area contributed by atoms with Crippen molar-refractivity contribution in [3.8, 4) is 0 Å². The van der Waals surface area contributed by atoms with Crippen LogP contribution in [-0.2, 0) is 6.54 Å². The molecule has 100 valence electrons. The Kier molecular flexibility index (Phi) is 3.46. The predicted octanol–water partition coefficient (Wildman–Crippen LogP) is 2.52. The highest BCUT2D eigenvalue weighted by molar-refractivity contribution is 5.48. The van der Waals surface area contributed by atoms with E-state index in [0.29, 0.717) is 12.4 Å². The molecular weight excluding hydrogens is 248 g/mol. The third-order valence-corrected chi connectivity index (χ3v) is 2.89. The summed E-state index contributed by atoms with van der Waals surface area (Å²) in [6.45, 7) is 6.00. The van der Waals surface area contributed by atoms with Gasteiger partial charge in [0, 0.05) is 18.2 Å². The normalized spacial score (nSPS) is 10.5. The van der Waals surface area contributed by atoms with Gasteiger partial charge in [-0.25, -0.2) is 4.98 Å². The fourth-order valence-electron chi connectivity index (χ4n) is 1.77. The Bertz CT molecular complexity index is 602. The number of aryl methyl sites for hydroxylation is 3. The average molecular weight is 262 g/mol. The molecule has 0 aliphatic carbocycles. The SMILES string of the molecule is Cc1cc([N+](=O)[O-])cnc1NCc1c(C)noc1C. The molecule has 2 heterocycles. The van der Waals surface area contributed by atoms with E-state index >= 15 is 0 Å². The summed E-state index contributed by atoms with van der Waals surface area (Å²) in [7, 11) is 0. The molecule has 2 aromatic heterocycles. The monoisotopic (exact) mass is 262 g/mol. The van der Waals surface area contributed by atoms with Crippen molar-refractivity contribution in [3.63, 3.8) is 0 Å². The Balaban J connectivity index is 2.14. The molecule has 0 aliphatic rings. The van der Waals surface area contributed by atoms with E-state index in [2.05, 4.69) is 15.5 Å². The molecule has 0 fully saturated rings. The van der Waals surface area contributed by atoms with E-state index in [4.69, 9.17) is 4.52 Å². The molecule has 0 atom stereocenters. The van der Waals surface area contributed by atoms with Gasteiger partial charge in [-0.1, -0.05) is 5.16 Å². The van der Waals surface area contributed by atoms with Crippen LogP contribution >= 0.6 is 0 Å². The predicted molar refractivity (Wildman–Crippen MR) is 68.9 cm³/mol. The van der Waals surface area contributed by atoms with Crippen LogP contribution in [0.4, 0.5) is 11.5 Å². The zero-order chi connectivity index (χ0) is 14.0. The van der Waals surface area contributed by atoms with Gasteiger partial charge >= 0.3 is 0 Å². The summed E-state index contributed by atoms with van der Waals surface area (Å²) in [5.74, 6) is 1.37. The first-order chi connectivity index (χ1) is 8.99. The second kappa shape index (κ2) is 5.05. The van der Waals surface area contributed by atoms with Crippen molar-refractivity contribution < 1.29 is 9.45 Å². The molecule has 0 bridgehead atoms. The number of nitrogens with one attached hydrogen (secondary N) is 1. The summed E-state index contributed by atoms with van der Waals surface area (Å²) in [6.07, 6.45) is 1.24. The highest BCUT2D eigenvalue weighted by atomic mass is 16.6. The molecule has 0 radical (unpaired) electrons. The minimum atomic E-state index is -0.460. The van der Waals surface area contributed by atoms with Gasteiger partial charge in [-0.3, -0.25) is 10.1 Å². The summed E-state index contributed by atoms with van der Waals surface area (Å²) in [5.41, 5.74) is 2.51. The number of aromatic nitrogens is 2. The molecule has 0 amide bonds. The van der Waals surface area contributed by atoms with E-state index < -0.39 is 4.92 Å². The van der Waals surface area contributed by atoms with Crippen molar-refractivity contribution in [3.05, 3.63) is 45.0 Å². The zero-order valence-corrected chi connectivity index (χ0v) is 10.9. The molecule has 0 saturated heterocycles. The number of hydrogen-bond donors (Lipinski definition) is 1. The summed E-state index contributed by atoms with van der Waals surface area (Å²) in [4.78, 5) is 14.2. The highest BCUT2D eigenvalue weighted by Crippen LogP contribution is 2.20. The van der Waals surface area contributed by atoms with E-state index in [0.717, 1.165) is 22.6 Å². The molecule has 0 saturated carbocycles. The molecule has 0 unspecified atom stereocenters. The van der Waals surface area contributed by atoms with Crippen molar-refractivity contribution in [2.75, 3.05) is 5.32 Å². The Hall–Kier alpha value is -2.44. The second-order valence-corrected chi connectivity index (χ2v) is 4.27. The van der Waals surface area contributed by atoms with Gasteiger partial charge in [0.15, 0.2) is 0 Å². The lowest BCUT2D eigenvalue weighted by Gasteiger charge is -2.07. The van der Waals surface area contributed by atoms with Crippen LogP contribution in [0.3, 0.4) is 0 Å². The standard InChI is InChI=1S/C12H14N4O3/c1-7-4-10(16(17)18)5-13-12(7)14-6-11-8(2)15-19-9(11)3/h4-5H,6H2,1-3H3,(H,13,14). The highest BCUT2D eigenvalue weighted by Gasteiger charge is 2.12. The number of hydrogen-bond acceptors (Lipinski definition) is 6. The smallest absolute Gasteiger partial charge is 0.287 e. The van der Waals surface area contributed by atoms with Crippen LogP contribution in [0.5, 0.6) is 0 Å². The lowest BCUT2D eigenvalue weighted by molar-refractivity contribution is -0.385. The molecule has 0 spiro atoms. The lowest BCUT2D eigenvalue weighted by Crippen LogP contribution is -2.05. The molecular formula is C12H14N4O3. The van der Waals surface area contributed by atoms with E-state index in [1.807, 2.05) is 13.8 Å². The fourth-order valence-corrected chi connectivity index (χ4v) is 1.77. The summed E-state index contributed by atoms with van der Waals surface area (Å²) in [5, 5.41) is 17.6. The summed E-state index contributed by atoms with van der Waals surface area (Å²) < 4.78 is 5.06. The topological polar surface area (TPSA) is 94.1 Å². The third-order valence-electron chi connectivity index (χ3n) is 2.89. The maximum Gasteiger partial charge on any atom is 0.287 e. The minimum absolute atomic E-state index is 0.0135. The molecule has 2 aromatic rings. The van der Waals surface area contributed by atoms with Crippen molar-refractivity contribution in [1.82, 2.24) is 10.1 Å². The minimum Gasteiger partial charge on any atom is -0.366 e. The zero-order valence-electron chi connectivity index (χ0n) is 10.9. The van der Waals surface area contributed by atoms with Crippen LogP contribution in [0.2, 0.25) is 0 Å². The number of pyridine rings is 1. The summed E-state index contributed by atoms with van der Waals surface area (Å²) in [6, 6.07) is 1.49. The van der Waals surface area contributed by atoms with Gasteiger partial charge in [-0.05, 0) is 26.3 Å². The fraction of sp³-hybridized carbons (Fsp3) is 0.333. The molecule has 0 aliphatic heterocycles. The van der Waals surface area contributed by atoms with Crippen molar-refractivity contribution in [1.29, 1.82) is 0 Å². The number of rotatable bonds is 4. The van der Waals surface area contributed by atoms with Gasteiger partial charge in [-0.2, -0.15) is 0 Å². The Labute approximate surface area is 109 Å². The molecule has 0 aromatic carbocycles. The van der Waals surface area contributed by atoms with Crippen LogP contribution in [0.1, 0.15) is 22.6 Å². The first-order valence-electron chi connectivity index (χ1n) is 5.75. The van der Waals surface area contributed by atoms with Gasteiger partial charge in [-0.15, -0.1) is 0 Å². The first kappa shape index (κ1) is 13.0. The van der Waals surface area contributed by atoms with Crippen molar-refractivity contribution in [2.24, 2.45) is 0 Å². The van der Waals surface area contributed by atoms with E-state index in [9.17, 15) is 10.1 Å². The number of nitro groups is 1. The van der Waals surface area contributed by atoms with Crippen LogP contribution in [0.15, 0.2) is 16.8 Å². The van der Waals surface area contributed by atoms with E-state index in [1.54, 1.807) is 6.92 Å². The third kappa shape index (κ3) is 2.70. The van der Waals surface area contributed by atoms with Crippen LogP contribution in [0, 0.1) is 30.9 Å². The molecule has 7 heteroatoms. The van der Waals surface area contributed by atoms with Gasteiger partial charge < -0.3 is 9.84 Å². The van der Waals surface area contributed by atoms with Gasteiger partial charge in [0.05, 0.1) is 10.6 Å². The molecule has 7 nitrogen and oxygen atoms in total. The van der Waals surface area contributed by atoms with Crippen molar-refractivity contribution in [2.45, 2.75) is 27.3 Å². The molecule has 1 N–H and O–H groups in total. The van der Waals surface area contributed by atoms with E-state index in [-0.39, 0.29) is 5.69 Å². The Morgan fingerprint density at radius 1 is 1.42 bits per heavy atom. The van der Waals surface area contributed by atoms with Gasteiger partial charge in [0.2, 0.25) is 0 Å². The lowest BCUT2D eigenvalue weighted by atomic mass is 10.2. The molecule has 2 rings (SSSR count). The second-order valence-electron chi connectivity index (χ2n) is 4.27. The largest absolute Gasteiger partial charge is 0.366 e. The quantitative estimate of drug-likeness (QED) is 0.672. The Morgan fingerprint density at radius 2 is 2.16 bits per heavy atom. The number of nitrogens with zero attached hydrogens (tertiary/aromatic N) is 3. The maximum absolute atomic E-state index is 10.6. The maximum atomic E-state index is 10.6. The van der Waals surface area contributed by atoms with Gasteiger partial charge in [0.25, 0.3) is 5.69 Å². The number of anilines is 1. The van der Waals surface area contributed by atoms with E-state index in [1.165, 1.54) is 12.3 Å².